The lowest BCUT2D eigenvalue weighted by Gasteiger charge is -2.32. The van der Waals surface area contributed by atoms with Crippen LogP contribution in [0.25, 0.3) is 0 Å². The first-order valence-corrected chi connectivity index (χ1v) is 10.8. The molecule has 0 saturated heterocycles. The van der Waals surface area contributed by atoms with Crippen LogP contribution in [0.1, 0.15) is 37.7 Å². The van der Waals surface area contributed by atoms with Crippen LogP contribution < -0.4 is 5.90 Å². The first-order valence-electron chi connectivity index (χ1n) is 10.8. The maximum atomic E-state index is 10.4. The Hall–Kier alpha value is -1.78. The monoisotopic (exact) mass is 435 g/mol. The molecule has 6 N–H and O–H groups in total. The first kappa shape index (κ1) is 23.9. The summed E-state index contributed by atoms with van der Waals surface area (Å²) in [6.45, 7) is 0.366. The van der Waals surface area contributed by atoms with Gasteiger partial charge in [-0.1, -0.05) is 30.4 Å². The topological polar surface area (TPSA) is 135 Å². The average Bonchev–Trinajstić information content (AvgIpc) is 2.80. The molecule has 1 fully saturated rings. The van der Waals surface area contributed by atoms with Crippen LogP contribution in [0.5, 0.6) is 5.75 Å². The summed E-state index contributed by atoms with van der Waals surface area (Å²) in [5.74, 6) is 5.06. The predicted octanol–water partition coefficient (Wildman–Crippen LogP) is 1.87. The van der Waals surface area contributed by atoms with Gasteiger partial charge < -0.3 is 29.9 Å². The lowest BCUT2D eigenvalue weighted by atomic mass is 9.87. The Labute approximate surface area is 182 Å². The van der Waals surface area contributed by atoms with Gasteiger partial charge in [0.15, 0.2) is 18.9 Å². The van der Waals surface area contributed by atoms with Crippen LogP contribution in [0.4, 0.5) is 0 Å². The number of rotatable bonds is 10. The molecular formula is C23H33NO7. The van der Waals surface area contributed by atoms with E-state index in [1.807, 2.05) is 24.3 Å². The Morgan fingerprint density at radius 3 is 2.32 bits per heavy atom. The third-order valence-corrected chi connectivity index (χ3v) is 6.01. The number of allylic oxidation sites excluding steroid dienone is 1. The zero-order valence-electron chi connectivity index (χ0n) is 17.5. The second kappa shape index (κ2) is 11.7. The minimum atomic E-state index is -1.03. The fraction of sp³-hybridized carbons (Fsp3) is 0.565. The second-order valence-corrected chi connectivity index (χ2v) is 8.19. The number of aliphatic hydroxyl groups excluding tert-OH is 3. The van der Waals surface area contributed by atoms with Gasteiger partial charge in [0.05, 0.1) is 12.7 Å². The van der Waals surface area contributed by atoms with Crippen molar-refractivity contribution in [2.75, 3.05) is 6.61 Å². The molecule has 8 heteroatoms. The summed E-state index contributed by atoms with van der Waals surface area (Å²) in [5, 5.41) is 39.7. The lowest BCUT2D eigenvalue weighted by Crippen LogP contribution is -2.34. The van der Waals surface area contributed by atoms with Crippen molar-refractivity contribution in [1.82, 2.24) is 0 Å². The quantitative estimate of drug-likeness (QED) is 0.278. The Morgan fingerprint density at radius 1 is 1.00 bits per heavy atom. The minimum absolute atomic E-state index is 0.00734. The average molecular weight is 436 g/mol. The molecule has 3 rings (SSSR count). The number of aliphatic hydroxyl groups is 3. The lowest BCUT2D eigenvalue weighted by molar-refractivity contribution is -0.163. The highest BCUT2D eigenvalue weighted by atomic mass is 16.7. The molecule has 4 atom stereocenters. The SMILES string of the molecule is NOC(O)C1CCC(OC(O)C2=CCC(C(O)OCCc3ccc(O)cc3)C=C2)CC1. The van der Waals surface area contributed by atoms with Gasteiger partial charge >= 0.3 is 0 Å². The molecule has 0 aliphatic heterocycles. The fourth-order valence-electron chi connectivity index (χ4n) is 4.01. The molecule has 2 aliphatic rings. The third kappa shape index (κ3) is 7.11. The van der Waals surface area contributed by atoms with Crippen LogP contribution in [-0.2, 0) is 20.7 Å². The van der Waals surface area contributed by atoms with E-state index in [4.69, 9.17) is 15.4 Å². The first-order chi connectivity index (χ1) is 15.0. The Morgan fingerprint density at radius 2 is 1.71 bits per heavy atom. The molecule has 1 aromatic carbocycles. The van der Waals surface area contributed by atoms with Crippen molar-refractivity contribution in [2.45, 2.75) is 63.5 Å². The van der Waals surface area contributed by atoms with Gasteiger partial charge in [-0.2, -0.15) is 0 Å². The summed E-state index contributed by atoms with van der Waals surface area (Å²) in [7, 11) is 0. The highest BCUT2D eigenvalue weighted by Crippen LogP contribution is 2.31. The van der Waals surface area contributed by atoms with E-state index >= 15 is 0 Å². The van der Waals surface area contributed by atoms with E-state index in [1.165, 1.54) is 0 Å². The molecular weight excluding hydrogens is 402 g/mol. The maximum absolute atomic E-state index is 10.4. The molecule has 0 heterocycles. The van der Waals surface area contributed by atoms with E-state index in [2.05, 4.69) is 4.84 Å². The van der Waals surface area contributed by atoms with Crippen molar-refractivity contribution in [3.63, 3.8) is 0 Å². The minimum Gasteiger partial charge on any atom is -0.508 e. The number of benzene rings is 1. The van der Waals surface area contributed by atoms with Gasteiger partial charge in [-0.15, -0.1) is 0 Å². The molecule has 31 heavy (non-hydrogen) atoms. The van der Waals surface area contributed by atoms with Gasteiger partial charge in [-0.25, -0.2) is 5.90 Å². The van der Waals surface area contributed by atoms with Crippen molar-refractivity contribution in [3.05, 3.63) is 53.6 Å². The summed E-state index contributed by atoms with van der Waals surface area (Å²) in [6, 6.07) is 6.89. The molecule has 1 saturated carbocycles. The zero-order chi connectivity index (χ0) is 22.2. The molecule has 4 unspecified atom stereocenters. The van der Waals surface area contributed by atoms with Gasteiger partial charge in [0.1, 0.15) is 5.75 Å². The van der Waals surface area contributed by atoms with Crippen LogP contribution in [0.15, 0.2) is 48.1 Å². The number of hydrogen-bond donors (Lipinski definition) is 5. The van der Waals surface area contributed by atoms with Gasteiger partial charge in [0, 0.05) is 17.4 Å². The molecule has 8 nitrogen and oxygen atoms in total. The highest BCUT2D eigenvalue weighted by Gasteiger charge is 2.29. The van der Waals surface area contributed by atoms with E-state index in [-0.39, 0.29) is 23.7 Å². The van der Waals surface area contributed by atoms with Crippen molar-refractivity contribution in [1.29, 1.82) is 0 Å². The van der Waals surface area contributed by atoms with E-state index in [0.717, 1.165) is 31.2 Å². The van der Waals surface area contributed by atoms with Crippen molar-refractivity contribution >= 4 is 0 Å². The van der Waals surface area contributed by atoms with Crippen LogP contribution in [0.2, 0.25) is 0 Å². The molecule has 0 amide bonds. The van der Waals surface area contributed by atoms with Crippen LogP contribution >= 0.6 is 0 Å². The van der Waals surface area contributed by atoms with E-state index in [0.29, 0.717) is 25.0 Å². The number of hydrogen-bond acceptors (Lipinski definition) is 8. The molecule has 1 aromatic rings. The highest BCUT2D eigenvalue weighted by molar-refractivity contribution is 5.27. The fourth-order valence-corrected chi connectivity index (χ4v) is 4.01. The molecule has 0 aromatic heterocycles. The summed E-state index contributed by atoms with van der Waals surface area (Å²) < 4.78 is 11.3. The smallest absolute Gasteiger partial charge is 0.181 e. The summed E-state index contributed by atoms with van der Waals surface area (Å²) in [5.41, 5.74) is 1.69. The Balaban J connectivity index is 1.37. The van der Waals surface area contributed by atoms with Gasteiger partial charge in [0.25, 0.3) is 0 Å². The summed E-state index contributed by atoms with van der Waals surface area (Å²) in [4.78, 5) is 4.49. The zero-order valence-corrected chi connectivity index (χ0v) is 17.5. The normalized spacial score (nSPS) is 26.8. The standard InChI is InChI=1S/C23H33NO7/c24-31-23(28)18-7-11-20(12-8-18)30-22(27)17-5-3-16(4-6-17)21(26)29-14-13-15-1-9-19(25)10-2-15/h1-3,5-6,9-10,16,18,20-23,25-28H,4,7-8,11-14,24H2. The second-order valence-electron chi connectivity index (χ2n) is 8.19. The third-order valence-electron chi connectivity index (χ3n) is 6.01. The van der Waals surface area contributed by atoms with Gasteiger partial charge in [-0.05, 0) is 56.2 Å². The van der Waals surface area contributed by atoms with E-state index in [1.54, 1.807) is 18.2 Å². The molecule has 0 spiro atoms. The van der Waals surface area contributed by atoms with E-state index < -0.39 is 18.9 Å². The number of ether oxygens (including phenoxy) is 2. The summed E-state index contributed by atoms with van der Waals surface area (Å²) >= 11 is 0. The van der Waals surface area contributed by atoms with Crippen LogP contribution in [-0.4, -0.2) is 52.0 Å². The van der Waals surface area contributed by atoms with Crippen LogP contribution in [0.3, 0.4) is 0 Å². The van der Waals surface area contributed by atoms with E-state index in [9.17, 15) is 20.4 Å². The Kier molecular flexibility index (Phi) is 9.03. The number of aromatic hydroxyl groups is 1. The Bertz CT molecular complexity index is 728. The molecule has 0 radical (unpaired) electrons. The van der Waals surface area contributed by atoms with Crippen LogP contribution in [0, 0.1) is 11.8 Å². The van der Waals surface area contributed by atoms with Crippen molar-refractivity contribution in [2.24, 2.45) is 17.7 Å². The maximum Gasteiger partial charge on any atom is 0.181 e. The van der Waals surface area contributed by atoms with Gasteiger partial charge in [0.2, 0.25) is 0 Å². The summed E-state index contributed by atoms with van der Waals surface area (Å²) in [6.07, 6.45) is 6.51. The number of nitrogens with two attached hydrogens (primary N) is 1. The predicted molar refractivity (Wildman–Crippen MR) is 113 cm³/mol. The molecule has 172 valence electrons. The van der Waals surface area contributed by atoms with Crippen molar-refractivity contribution < 1.29 is 34.7 Å². The molecule has 0 bridgehead atoms. The molecule has 2 aliphatic carbocycles. The number of phenolic OH excluding ortho intramolecular Hbond substituents is 1. The number of phenols is 1. The van der Waals surface area contributed by atoms with Gasteiger partial charge in [-0.3, -0.25) is 4.84 Å². The largest absolute Gasteiger partial charge is 0.508 e. The van der Waals surface area contributed by atoms with Crippen molar-refractivity contribution in [3.8, 4) is 5.75 Å².